The van der Waals surface area contributed by atoms with Gasteiger partial charge in [-0.2, -0.15) is 0 Å². The number of amides is 1. The molecule has 7 nitrogen and oxygen atoms in total. The molecule has 4 rings (SSSR count). The number of para-hydroxylation sites is 1. The largest absolute Gasteiger partial charge is 0.325 e. The number of aryl methyl sites for hydroxylation is 1. The number of benzene rings is 2. The first-order chi connectivity index (χ1) is 14.1. The third-order valence-electron chi connectivity index (χ3n) is 4.30. The number of hydrogen-bond donors (Lipinski definition) is 1. The molecule has 0 spiro atoms. The number of fused-ring (bicyclic) bond motifs is 1. The van der Waals surface area contributed by atoms with E-state index < -0.39 is 0 Å². The van der Waals surface area contributed by atoms with Crippen LogP contribution in [0.2, 0.25) is 5.02 Å². The average molecular weight is 425 g/mol. The van der Waals surface area contributed by atoms with E-state index in [0.29, 0.717) is 27.8 Å². The number of hydrogen-bond acceptors (Lipinski definition) is 6. The van der Waals surface area contributed by atoms with Crippen LogP contribution in [0, 0.1) is 6.92 Å². The molecule has 9 heteroatoms. The van der Waals surface area contributed by atoms with Crippen molar-refractivity contribution in [1.82, 2.24) is 25.0 Å². The lowest BCUT2D eigenvalue weighted by atomic mass is 10.2. The Kier molecular flexibility index (Phi) is 5.73. The summed E-state index contributed by atoms with van der Waals surface area (Å²) in [5.41, 5.74) is 3.90. The number of halogens is 1. The Hall–Kier alpha value is -2.97. The lowest BCUT2D eigenvalue weighted by Crippen LogP contribution is -2.14. The lowest BCUT2D eigenvalue weighted by Gasteiger charge is -2.07. The normalized spacial score (nSPS) is 11.0. The number of nitrogens with one attached hydrogen (secondary N) is 1. The van der Waals surface area contributed by atoms with Crippen LogP contribution in [0.3, 0.4) is 0 Å². The summed E-state index contributed by atoms with van der Waals surface area (Å²) in [6.07, 6.45) is 1.45. The fraction of sp³-hybridized carbons (Fsp3) is 0.150. The molecule has 0 radical (unpaired) electrons. The zero-order valence-corrected chi connectivity index (χ0v) is 17.1. The quantitative estimate of drug-likeness (QED) is 0.372. The topological polar surface area (TPSA) is 85.6 Å². The van der Waals surface area contributed by atoms with Crippen LogP contribution in [0.15, 0.2) is 59.9 Å². The zero-order chi connectivity index (χ0) is 20.2. The van der Waals surface area contributed by atoms with Crippen LogP contribution < -0.4 is 5.32 Å². The molecular formula is C20H17ClN6OS. The van der Waals surface area contributed by atoms with Gasteiger partial charge >= 0.3 is 0 Å². The molecule has 2 aromatic carbocycles. The second kappa shape index (κ2) is 8.59. The van der Waals surface area contributed by atoms with Gasteiger partial charge < -0.3 is 5.32 Å². The molecule has 0 aliphatic heterocycles. The molecule has 4 aromatic rings. The molecule has 2 heterocycles. The first-order valence-electron chi connectivity index (χ1n) is 8.87. The first-order valence-corrected chi connectivity index (χ1v) is 10.2. The molecule has 0 saturated carbocycles. The van der Waals surface area contributed by atoms with E-state index >= 15 is 0 Å². The summed E-state index contributed by atoms with van der Waals surface area (Å²) >= 11 is 7.54. The highest BCUT2D eigenvalue weighted by Crippen LogP contribution is 2.24. The van der Waals surface area contributed by atoms with Crippen LogP contribution in [0.25, 0.3) is 11.2 Å². The van der Waals surface area contributed by atoms with Crippen molar-refractivity contribution < 1.29 is 4.79 Å². The molecule has 146 valence electrons. The third kappa shape index (κ3) is 4.38. The van der Waals surface area contributed by atoms with Crippen molar-refractivity contribution in [1.29, 1.82) is 0 Å². The molecule has 1 N–H and O–H groups in total. The van der Waals surface area contributed by atoms with E-state index in [-0.39, 0.29) is 11.7 Å². The van der Waals surface area contributed by atoms with Gasteiger partial charge in [-0.25, -0.2) is 14.6 Å². The van der Waals surface area contributed by atoms with E-state index in [4.69, 9.17) is 11.6 Å². The fourth-order valence-electron chi connectivity index (χ4n) is 2.80. The van der Waals surface area contributed by atoms with E-state index in [9.17, 15) is 4.79 Å². The number of carbonyl (C=O) groups excluding carboxylic acids is 1. The Bertz CT molecular complexity index is 1180. The SMILES string of the molecule is Cc1ccccc1NC(=O)CSc1ncnc2c1nnn2Cc1ccccc1Cl. The van der Waals surface area contributed by atoms with Gasteiger partial charge in [0.25, 0.3) is 0 Å². The molecule has 0 unspecified atom stereocenters. The maximum absolute atomic E-state index is 12.3. The lowest BCUT2D eigenvalue weighted by molar-refractivity contribution is -0.113. The van der Waals surface area contributed by atoms with Gasteiger partial charge in [0.2, 0.25) is 5.91 Å². The average Bonchev–Trinajstić information content (AvgIpc) is 3.13. The minimum atomic E-state index is -0.112. The Labute approximate surface area is 176 Å². The van der Waals surface area contributed by atoms with Crippen LogP contribution in [0.4, 0.5) is 5.69 Å². The van der Waals surface area contributed by atoms with Crippen molar-refractivity contribution in [3.63, 3.8) is 0 Å². The number of thioether (sulfide) groups is 1. The molecule has 0 saturated heterocycles. The Morgan fingerprint density at radius 3 is 2.76 bits per heavy atom. The molecule has 0 aliphatic rings. The third-order valence-corrected chi connectivity index (χ3v) is 5.65. The second-order valence-electron chi connectivity index (χ2n) is 6.34. The zero-order valence-electron chi connectivity index (χ0n) is 15.5. The summed E-state index contributed by atoms with van der Waals surface area (Å²) in [6.45, 7) is 2.40. The number of aromatic nitrogens is 5. The number of carbonyl (C=O) groups is 1. The van der Waals surface area contributed by atoms with Gasteiger partial charge in [-0.1, -0.05) is 65.0 Å². The highest BCUT2D eigenvalue weighted by atomic mass is 35.5. The van der Waals surface area contributed by atoms with Crippen LogP contribution in [0.1, 0.15) is 11.1 Å². The summed E-state index contributed by atoms with van der Waals surface area (Å²) in [4.78, 5) is 20.9. The smallest absolute Gasteiger partial charge is 0.234 e. The van der Waals surface area contributed by atoms with Gasteiger partial charge in [0, 0.05) is 10.7 Å². The molecule has 1 amide bonds. The summed E-state index contributed by atoms with van der Waals surface area (Å²) in [5, 5.41) is 12.6. The number of rotatable bonds is 6. The maximum atomic E-state index is 12.3. The van der Waals surface area contributed by atoms with E-state index in [1.165, 1.54) is 18.1 Å². The minimum absolute atomic E-state index is 0.112. The molecule has 0 fully saturated rings. The van der Waals surface area contributed by atoms with Gasteiger partial charge in [-0.05, 0) is 30.2 Å². The van der Waals surface area contributed by atoms with Crippen molar-refractivity contribution >= 4 is 46.1 Å². The maximum Gasteiger partial charge on any atom is 0.234 e. The van der Waals surface area contributed by atoms with Crippen molar-refractivity contribution in [3.05, 3.63) is 71.0 Å². The van der Waals surface area contributed by atoms with E-state index in [2.05, 4.69) is 25.6 Å². The highest BCUT2D eigenvalue weighted by Gasteiger charge is 2.15. The van der Waals surface area contributed by atoms with Crippen molar-refractivity contribution in [2.45, 2.75) is 18.5 Å². The Morgan fingerprint density at radius 2 is 1.93 bits per heavy atom. The standard InChI is InChI=1S/C20H17ClN6OS/c1-13-6-2-5-9-16(13)24-17(28)11-29-20-18-19(22-12-23-20)27(26-25-18)10-14-7-3-4-8-15(14)21/h2-9,12H,10-11H2,1H3,(H,24,28). The first kappa shape index (κ1) is 19.4. The Balaban J connectivity index is 1.49. The van der Waals surface area contributed by atoms with Gasteiger partial charge in [0.15, 0.2) is 11.2 Å². The summed E-state index contributed by atoms with van der Waals surface area (Å²) < 4.78 is 1.68. The van der Waals surface area contributed by atoms with Gasteiger partial charge in [-0.15, -0.1) is 5.10 Å². The molecular weight excluding hydrogens is 408 g/mol. The predicted octanol–water partition coefficient (Wildman–Crippen LogP) is 3.96. The Morgan fingerprint density at radius 1 is 1.14 bits per heavy atom. The van der Waals surface area contributed by atoms with Crippen molar-refractivity contribution in [3.8, 4) is 0 Å². The molecule has 0 atom stereocenters. The van der Waals surface area contributed by atoms with Crippen molar-refractivity contribution in [2.75, 3.05) is 11.1 Å². The van der Waals surface area contributed by atoms with Crippen LogP contribution in [-0.4, -0.2) is 36.6 Å². The molecule has 0 bridgehead atoms. The molecule has 29 heavy (non-hydrogen) atoms. The van der Waals surface area contributed by atoms with E-state index in [0.717, 1.165) is 16.8 Å². The second-order valence-corrected chi connectivity index (χ2v) is 7.71. The van der Waals surface area contributed by atoms with Gasteiger partial charge in [0.05, 0.1) is 12.3 Å². The summed E-state index contributed by atoms with van der Waals surface area (Å²) in [5.74, 6) is 0.0946. The van der Waals surface area contributed by atoms with Gasteiger partial charge in [-0.3, -0.25) is 4.79 Å². The highest BCUT2D eigenvalue weighted by molar-refractivity contribution is 8.00. The summed E-state index contributed by atoms with van der Waals surface area (Å²) in [6, 6.07) is 15.2. The predicted molar refractivity (Wildman–Crippen MR) is 114 cm³/mol. The van der Waals surface area contributed by atoms with Crippen LogP contribution >= 0.6 is 23.4 Å². The summed E-state index contributed by atoms with van der Waals surface area (Å²) in [7, 11) is 0. The minimum Gasteiger partial charge on any atom is -0.325 e. The molecule has 2 aromatic heterocycles. The van der Waals surface area contributed by atoms with E-state index in [1.807, 2.05) is 55.5 Å². The van der Waals surface area contributed by atoms with Crippen LogP contribution in [0.5, 0.6) is 0 Å². The fourth-order valence-corrected chi connectivity index (χ4v) is 3.73. The number of nitrogens with zero attached hydrogens (tertiary/aromatic N) is 5. The monoisotopic (exact) mass is 424 g/mol. The number of anilines is 1. The van der Waals surface area contributed by atoms with Crippen molar-refractivity contribution in [2.24, 2.45) is 0 Å². The van der Waals surface area contributed by atoms with Crippen LogP contribution in [-0.2, 0) is 11.3 Å². The van der Waals surface area contributed by atoms with E-state index in [1.54, 1.807) is 4.68 Å². The molecule has 0 aliphatic carbocycles. The van der Waals surface area contributed by atoms with Gasteiger partial charge in [0.1, 0.15) is 11.4 Å².